The molecule has 30 heavy (non-hydrogen) atoms. The normalized spacial score (nSPS) is 24.6. The second-order valence-electron chi connectivity index (χ2n) is 7.84. The van der Waals surface area contributed by atoms with Crippen molar-refractivity contribution in [3.63, 3.8) is 0 Å². The van der Waals surface area contributed by atoms with E-state index in [0.717, 1.165) is 37.1 Å². The van der Waals surface area contributed by atoms with E-state index in [2.05, 4.69) is 25.8 Å². The van der Waals surface area contributed by atoms with Gasteiger partial charge in [0.2, 0.25) is 11.8 Å². The number of carbonyl (C=O) groups excluding carboxylic acids is 2. The molecule has 2 fully saturated rings. The number of carbonyl (C=O) groups is 2. The third-order valence-corrected chi connectivity index (χ3v) is 6.06. The van der Waals surface area contributed by atoms with E-state index in [-0.39, 0.29) is 26.7 Å². The summed E-state index contributed by atoms with van der Waals surface area (Å²) in [4.78, 5) is 30.3. The zero-order valence-corrected chi connectivity index (χ0v) is 15.4. The number of pyridine rings is 1. The van der Waals surface area contributed by atoms with Gasteiger partial charge in [0.25, 0.3) is 0 Å². The van der Waals surface area contributed by atoms with Gasteiger partial charge in [-0.1, -0.05) is 14.9 Å². The number of likely N-dealkylation sites (tertiary alicyclic amines) is 1. The fourth-order valence-corrected chi connectivity index (χ4v) is 4.64. The lowest BCUT2D eigenvalue weighted by atomic mass is 10.0. The maximum Gasteiger partial charge on any atom is 0.246 e. The largest absolute Gasteiger partial charge is 0.339 e. The lowest BCUT2D eigenvalue weighted by molar-refractivity contribution is -0.125. The molecule has 1 aliphatic carbocycles. The van der Waals surface area contributed by atoms with Gasteiger partial charge in [0.1, 0.15) is 12.1 Å². The molecule has 5 rings (SSSR count). The Morgan fingerprint density at radius 3 is 2.63 bits per heavy atom. The molecular formula is C21H29N7O2. The van der Waals surface area contributed by atoms with Gasteiger partial charge in [0, 0.05) is 31.8 Å². The molecule has 2 aliphatic heterocycles. The molecular weight excluding hydrogens is 382 g/mol. The van der Waals surface area contributed by atoms with Crippen LogP contribution in [0.15, 0.2) is 24.7 Å². The summed E-state index contributed by atoms with van der Waals surface area (Å²) in [5.41, 5.74) is 1.89. The Labute approximate surface area is 176 Å². The van der Waals surface area contributed by atoms with Crippen molar-refractivity contribution in [1.82, 2.24) is 30.1 Å². The van der Waals surface area contributed by atoms with Crippen LogP contribution in [0.4, 0.5) is 5.82 Å². The van der Waals surface area contributed by atoms with Crippen LogP contribution >= 0.6 is 0 Å². The minimum absolute atomic E-state index is 0. The molecule has 4 heterocycles. The van der Waals surface area contributed by atoms with Crippen molar-refractivity contribution in [1.29, 1.82) is 0 Å². The SMILES string of the molecule is C.C.O=C1CCc2cc(/C=C/C(=O)N3C[C@H]4CC(n5cnnn5)C[C@H]4C3)cnc2N1. The van der Waals surface area contributed by atoms with Crippen molar-refractivity contribution >= 4 is 23.7 Å². The third kappa shape index (κ3) is 4.10. The van der Waals surface area contributed by atoms with Gasteiger partial charge in [-0.05, 0) is 64.8 Å². The standard InChI is InChI=1S/C19H21N7O2.2CH4/c27-17-3-2-13-5-12(8-20-19(13)22-17)1-4-18(28)25-9-14-6-16(7-15(14)10-25)26-11-21-23-24-26;;/h1,4-5,8,11,14-16H,2-3,6-7,9-10H2,(H,20,22,27);2*1H4/b4-1+;;/t14-,15+,16?;;. The molecule has 0 aromatic carbocycles. The summed E-state index contributed by atoms with van der Waals surface area (Å²) in [5, 5.41) is 14.2. The van der Waals surface area contributed by atoms with Crippen LogP contribution in [0, 0.1) is 11.8 Å². The summed E-state index contributed by atoms with van der Waals surface area (Å²) in [7, 11) is 0. The van der Waals surface area contributed by atoms with Gasteiger partial charge in [0.15, 0.2) is 0 Å². The van der Waals surface area contributed by atoms with Crippen LogP contribution in [0.25, 0.3) is 6.08 Å². The molecule has 1 N–H and O–H groups in total. The van der Waals surface area contributed by atoms with Gasteiger partial charge in [-0.2, -0.15) is 0 Å². The van der Waals surface area contributed by atoms with E-state index in [1.807, 2.05) is 21.7 Å². The Kier molecular flexibility index (Phi) is 6.28. The number of tetrazole rings is 1. The molecule has 160 valence electrons. The lowest BCUT2D eigenvalue weighted by Crippen LogP contribution is -2.28. The number of rotatable bonds is 3. The van der Waals surface area contributed by atoms with E-state index in [1.54, 1.807) is 18.6 Å². The molecule has 2 aromatic rings. The summed E-state index contributed by atoms with van der Waals surface area (Å²) in [6, 6.07) is 2.33. The van der Waals surface area contributed by atoms with Crippen molar-refractivity contribution in [3.8, 4) is 0 Å². The highest BCUT2D eigenvalue weighted by molar-refractivity contribution is 5.94. The van der Waals surface area contributed by atoms with Crippen molar-refractivity contribution < 1.29 is 9.59 Å². The number of nitrogens with zero attached hydrogens (tertiary/aromatic N) is 6. The highest BCUT2D eigenvalue weighted by atomic mass is 16.2. The average Bonchev–Trinajstić information content (AvgIpc) is 3.41. The summed E-state index contributed by atoms with van der Waals surface area (Å²) >= 11 is 0. The summed E-state index contributed by atoms with van der Waals surface area (Å²) < 4.78 is 1.84. The molecule has 1 saturated carbocycles. The Hall–Kier alpha value is -3.10. The summed E-state index contributed by atoms with van der Waals surface area (Å²) in [5.74, 6) is 1.70. The zero-order chi connectivity index (χ0) is 19.1. The van der Waals surface area contributed by atoms with E-state index in [0.29, 0.717) is 36.5 Å². The molecule has 1 unspecified atom stereocenters. The molecule has 0 bridgehead atoms. The van der Waals surface area contributed by atoms with Gasteiger partial charge in [-0.15, -0.1) is 5.10 Å². The van der Waals surface area contributed by atoms with Gasteiger partial charge in [-0.3, -0.25) is 9.59 Å². The monoisotopic (exact) mass is 411 g/mol. The maximum absolute atomic E-state index is 12.6. The quantitative estimate of drug-likeness (QED) is 0.777. The first-order chi connectivity index (χ1) is 13.7. The fraction of sp³-hybridized carbons (Fsp3) is 0.524. The molecule has 2 aromatic heterocycles. The number of fused-ring (bicyclic) bond motifs is 2. The predicted octanol–water partition coefficient (Wildman–Crippen LogP) is 2.35. The Balaban J connectivity index is 0.00000128. The topological polar surface area (TPSA) is 106 Å². The lowest BCUT2D eigenvalue weighted by Gasteiger charge is -2.17. The second-order valence-corrected chi connectivity index (χ2v) is 7.84. The molecule has 1 saturated heterocycles. The zero-order valence-electron chi connectivity index (χ0n) is 15.4. The first kappa shape index (κ1) is 21.6. The Bertz CT molecular complexity index is 927. The fourth-order valence-electron chi connectivity index (χ4n) is 4.64. The van der Waals surface area contributed by atoms with Crippen LogP contribution in [0.5, 0.6) is 0 Å². The van der Waals surface area contributed by atoms with E-state index in [4.69, 9.17) is 0 Å². The first-order valence-corrected chi connectivity index (χ1v) is 9.64. The Morgan fingerprint density at radius 2 is 1.93 bits per heavy atom. The van der Waals surface area contributed by atoms with E-state index in [9.17, 15) is 9.59 Å². The summed E-state index contributed by atoms with van der Waals surface area (Å²) in [6.45, 7) is 1.59. The summed E-state index contributed by atoms with van der Waals surface area (Å²) in [6.07, 6.45) is 9.99. The number of anilines is 1. The average molecular weight is 412 g/mol. The highest BCUT2D eigenvalue weighted by Crippen LogP contribution is 2.43. The van der Waals surface area contributed by atoms with Crippen molar-refractivity contribution in [3.05, 3.63) is 35.8 Å². The van der Waals surface area contributed by atoms with Crippen LogP contribution < -0.4 is 5.32 Å². The van der Waals surface area contributed by atoms with Crippen molar-refractivity contribution in [2.24, 2.45) is 11.8 Å². The minimum atomic E-state index is 0. The van der Waals surface area contributed by atoms with Gasteiger partial charge in [0.05, 0.1) is 6.04 Å². The highest BCUT2D eigenvalue weighted by Gasteiger charge is 2.42. The minimum Gasteiger partial charge on any atom is -0.339 e. The molecule has 0 spiro atoms. The molecule has 3 aliphatic rings. The van der Waals surface area contributed by atoms with Gasteiger partial charge in [-0.25, -0.2) is 9.67 Å². The maximum atomic E-state index is 12.6. The molecule has 9 nitrogen and oxygen atoms in total. The predicted molar refractivity (Wildman–Crippen MR) is 113 cm³/mol. The number of nitrogens with one attached hydrogen (secondary N) is 1. The van der Waals surface area contributed by atoms with Crippen molar-refractivity contribution in [2.75, 3.05) is 18.4 Å². The molecule has 0 radical (unpaired) electrons. The van der Waals surface area contributed by atoms with E-state index in [1.165, 1.54) is 0 Å². The number of aryl methyl sites for hydroxylation is 1. The number of hydrogen-bond acceptors (Lipinski definition) is 6. The van der Waals surface area contributed by atoms with Crippen LogP contribution in [0.3, 0.4) is 0 Å². The van der Waals surface area contributed by atoms with Crippen LogP contribution in [0.1, 0.15) is 51.3 Å². The third-order valence-electron chi connectivity index (χ3n) is 6.06. The smallest absolute Gasteiger partial charge is 0.246 e. The van der Waals surface area contributed by atoms with Crippen molar-refractivity contribution in [2.45, 2.75) is 46.6 Å². The van der Waals surface area contributed by atoms with E-state index >= 15 is 0 Å². The molecule has 2 amide bonds. The van der Waals surface area contributed by atoms with Gasteiger partial charge >= 0.3 is 0 Å². The number of amides is 2. The van der Waals surface area contributed by atoms with E-state index < -0.39 is 0 Å². The number of hydrogen-bond donors (Lipinski definition) is 1. The first-order valence-electron chi connectivity index (χ1n) is 9.64. The second kappa shape index (κ2) is 8.73. The van der Waals surface area contributed by atoms with Crippen LogP contribution in [-0.2, 0) is 16.0 Å². The van der Waals surface area contributed by atoms with Gasteiger partial charge < -0.3 is 10.2 Å². The van der Waals surface area contributed by atoms with Crippen LogP contribution in [0.2, 0.25) is 0 Å². The Morgan fingerprint density at radius 1 is 1.17 bits per heavy atom. The number of aromatic nitrogens is 5. The molecule has 9 heteroatoms. The van der Waals surface area contributed by atoms with Crippen LogP contribution in [-0.4, -0.2) is 55.0 Å². The molecule has 3 atom stereocenters.